The van der Waals surface area contributed by atoms with Crippen LogP contribution in [0.5, 0.6) is 0 Å². The molecule has 0 bridgehead atoms. The molecule has 3 amide bonds. The number of rotatable bonds is 4. The summed E-state index contributed by atoms with van der Waals surface area (Å²) < 4.78 is 1.99. The van der Waals surface area contributed by atoms with E-state index >= 15 is 0 Å². The zero-order valence-corrected chi connectivity index (χ0v) is 15.7. The van der Waals surface area contributed by atoms with E-state index in [0.29, 0.717) is 21.1 Å². The molecule has 2 N–H and O–H groups in total. The van der Waals surface area contributed by atoms with Gasteiger partial charge in [0.15, 0.2) is 5.16 Å². The topological polar surface area (TPSA) is 93.1 Å². The summed E-state index contributed by atoms with van der Waals surface area (Å²) >= 11 is 2.46. The molecule has 2 aromatic heterocycles. The molecule has 3 aromatic rings. The second-order valence-corrected chi connectivity index (χ2v) is 7.69. The number of benzene rings is 1. The Hall–Kier alpha value is -2.65. The van der Waals surface area contributed by atoms with Crippen LogP contribution in [-0.2, 0) is 11.8 Å². The van der Waals surface area contributed by atoms with Gasteiger partial charge in [0.1, 0.15) is 4.70 Å². The molecular weight excluding hydrogens is 372 g/mol. The zero-order chi connectivity index (χ0) is 18.7. The van der Waals surface area contributed by atoms with Crippen molar-refractivity contribution in [2.45, 2.75) is 17.3 Å². The van der Waals surface area contributed by atoms with Crippen molar-refractivity contribution in [3.8, 4) is 0 Å². The third-order valence-electron chi connectivity index (χ3n) is 3.57. The third-order valence-corrected chi connectivity index (χ3v) is 5.60. The van der Waals surface area contributed by atoms with Gasteiger partial charge in [-0.25, -0.2) is 9.78 Å². The van der Waals surface area contributed by atoms with Crippen LogP contribution >= 0.6 is 23.1 Å². The molecule has 1 unspecified atom stereocenters. The Balaban J connectivity index is 1.67. The minimum Gasteiger partial charge on any atom is -0.308 e. The van der Waals surface area contributed by atoms with Gasteiger partial charge in [-0.1, -0.05) is 30.0 Å². The molecule has 0 saturated carbocycles. The maximum absolute atomic E-state index is 12.3. The summed E-state index contributed by atoms with van der Waals surface area (Å²) in [5.41, 5.74) is 1.04. The second kappa shape index (κ2) is 7.71. The lowest BCUT2D eigenvalue weighted by molar-refractivity contribution is -0.119. The summed E-state index contributed by atoms with van der Waals surface area (Å²) in [6, 6.07) is 9.99. The first-order valence-electron chi connectivity index (χ1n) is 7.73. The molecule has 1 aromatic carbocycles. The van der Waals surface area contributed by atoms with Gasteiger partial charge in [0, 0.05) is 12.7 Å². The fourth-order valence-electron chi connectivity index (χ4n) is 2.18. The highest BCUT2D eigenvalue weighted by Gasteiger charge is 2.20. The number of amides is 3. The fraction of sp³-hybridized carbons (Fsp3) is 0.176. The smallest absolute Gasteiger partial charge is 0.308 e. The van der Waals surface area contributed by atoms with E-state index in [2.05, 4.69) is 15.6 Å². The minimum absolute atomic E-state index is 0.151. The number of imide groups is 1. The van der Waals surface area contributed by atoms with E-state index in [9.17, 15) is 14.4 Å². The van der Waals surface area contributed by atoms with Gasteiger partial charge in [0.25, 0.3) is 5.56 Å². The normalized spacial score (nSPS) is 11.9. The number of thiophene rings is 1. The van der Waals surface area contributed by atoms with E-state index in [1.165, 1.54) is 15.9 Å². The highest BCUT2D eigenvalue weighted by Crippen LogP contribution is 2.23. The Labute approximate surface area is 157 Å². The monoisotopic (exact) mass is 388 g/mol. The maximum Gasteiger partial charge on any atom is 0.325 e. The summed E-state index contributed by atoms with van der Waals surface area (Å²) in [5, 5.41) is 6.50. The molecule has 0 aliphatic heterocycles. The number of thioether (sulfide) groups is 1. The predicted octanol–water partition coefficient (Wildman–Crippen LogP) is 2.82. The van der Waals surface area contributed by atoms with Crippen LogP contribution in [0.15, 0.2) is 51.7 Å². The van der Waals surface area contributed by atoms with Crippen molar-refractivity contribution in [1.29, 1.82) is 0 Å². The average Bonchev–Trinajstić information content (AvgIpc) is 3.08. The number of hydrogen-bond donors (Lipinski definition) is 2. The van der Waals surface area contributed by atoms with Crippen molar-refractivity contribution in [1.82, 2.24) is 14.9 Å². The molecule has 26 heavy (non-hydrogen) atoms. The Bertz CT molecular complexity index is 1010. The van der Waals surface area contributed by atoms with Crippen LogP contribution in [0.3, 0.4) is 0 Å². The van der Waals surface area contributed by atoms with E-state index < -0.39 is 17.2 Å². The van der Waals surface area contributed by atoms with E-state index in [0.717, 1.165) is 11.8 Å². The summed E-state index contributed by atoms with van der Waals surface area (Å²) in [6.07, 6.45) is 0. The maximum atomic E-state index is 12.3. The molecule has 0 saturated heterocycles. The minimum atomic E-state index is -0.608. The molecule has 3 rings (SSSR count). The molecule has 0 aliphatic carbocycles. The van der Waals surface area contributed by atoms with Crippen molar-refractivity contribution in [3.63, 3.8) is 0 Å². The van der Waals surface area contributed by atoms with Crippen LogP contribution in [0.25, 0.3) is 10.2 Å². The first-order valence-corrected chi connectivity index (χ1v) is 9.49. The first-order chi connectivity index (χ1) is 12.5. The number of anilines is 1. The summed E-state index contributed by atoms with van der Waals surface area (Å²) in [7, 11) is 1.61. The number of nitrogens with zero attached hydrogens (tertiary/aromatic N) is 2. The lowest BCUT2D eigenvalue weighted by atomic mass is 10.3. The Morgan fingerprint density at radius 2 is 1.96 bits per heavy atom. The Morgan fingerprint density at radius 3 is 2.69 bits per heavy atom. The molecule has 9 heteroatoms. The van der Waals surface area contributed by atoms with Crippen molar-refractivity contribution in [2.24, 2.45) is 7.05 Å². The molecule has 2 heterocycles. The number of nitrogens with one attached hydrogen (secondary N) is 2. The van der Waals surface area contributed by atoms with Crippen LogP contribution < -0.4 is 16.2 Å². The Morgan fingerprint density at radius 1 is 1.23 bits per heavy atom. The second-order valence-electron chi connectivity index (χ2n) is 5.46. The molecule has 0 aliphatic rings. The van der Waals surface area contributed by atoms with Crippen LogP contribution in [0.4, 0.5) is 10.5 Å². The van der Waals surface area contributed by atoms with E-state index in [1.807, 2.05) is 6.07 Å². The number of carbonyl (C=O) groups is 2. The number of carbonyl (C=O) groups excluding carboxylic acids is 2. The lowest BCUT2D eigenvalue weighted by Crippen LogP contribution is -2.39. The molecule has 0 radical (unpaired) electrons. The Kier molecular flexibility index (Phi) is 5.38. The van der Waals surface area contributed by atoms with Crippen LogP contribution in [0.1, 0.15) is 6.92 Å². The van der Waals surface area contributed by atoms with Crippen molar-refractivity contribution >= 4 is 50.9 Å². The van der Waals surface area contributed by atoms with Crippen LogP contribution in [0.2, 0.25) is 0 Å². The number of fused-ring (bicyclic) bond motifs is 1. The molecule has 1 atom stereocenters. The first kappa shape index (κ1) is 18.2. The standard InChI is InChI=1S/C17H16N4O3S2/c1-10(14(22)20-16(24)18-11-6-4-3-5-7-11)26-17-19-12-8-9-25-13(12)15(23)21(17)2/h3-10H,1-2H3,(H2,18,20,22,24). The molecule has 7 nitrogen and oxygen atoms in total. The molecular formula is C17H16N4O3S2. The van der Waals surface area contributed by atoms with Gasteiger partial charge in [-0.2, -0.15) is 0 Å². The van der Waals surface area contributed by atoms with Crippen LogP contribution in [0, 0.1) is 0 Å². The third kappa shape index (κ3) is 3.94. The summed E-state index contributed by atoms with van der Waals surface area (Å²) in [4.78, 5) is 40.9. The number of urea groups is 1. The number of aromatic nitrogens is 2. The van der Waals surface area contributed by atoms with Crippen molar-refractivity contribution in [3.05, 3.63) is 52.1 Å². The van der Waals surface area contributed by atoms with Crippen molar-refractivity contribution < 1.29 is 9.59 Å². The quantitative estimate of drug-likeness (QED) is 0.530. The van der Waals surface area contributed by atoms with E-state index in [1.54, 1.807) is 49.7 Å². The zero-order valence-electron chi connectivity index (χ0n) is 14.1. The average molecular weight is 388 g/mol. The van der Waals surface area contributed by atoms with Gasteiger partial charge >= 0.3 is 6.03 Å². The fourth-order valence-corrected chi connectivity index (χ4v) is 3.86. The SMILES string of the molecule is CC(Sc1nc2ccsc2c(=O)n1C)C(=O)NC(=O)Nc1ccccc1. The predicted molar refractivity (Wildman–Crippen MR) is 104 cm³/mol. The van der Waals surface area contributed by atoms with E-state index in [4.69, 9.17) is 0 Å². The van der Waals surface area contributed by atoms with E-state index in [-0.39, 0.29) is 5.56 Å². The summed E-state index contributed by atoms with van der Waals surface area (Å²) in [6.45, 7) is 1.65. The van der Waals surface area contributed by atoms with Gasteiger partial charge in [0.2, 0.25) is 5.91 Å². The summed E-state index contributed by atoms with van der Waals surface area (Å²) in [5.74, 6) is -0.469. The van der Waals surface area contributed by atoms with Crippen LogP contribution in [-0.4, -0.2) is 26.7 Å². The van der Waals surface area contributed by atoms with Gasteiger partial charge in [-0.05, 0) is 30.5 Å². The van der Waals surface area contributed by atoms with Gasteiger partial charge in [0.05, 0.1) is 10.8 Å². The van der Waals surface area contributed by atoms with Crippen molar-refractivity contribution in [2.75, 3.05) is 5.32 Å². The number of hydrogen-bond acceptors (Lipinski definition) is 6. The van der Waals surface area contributed by atoms with Gasteiger partial charge in [-0.15, -0.1) is 11.3 Å². The van der Waals surface area contributed by atoms with Gasteiger partial charge < -0.3 is 5.32 Å². The molecule has 134 valence electrons. The highest BCUT2D eigenvalue weighted by molar-refractivity contribution is 8.00. The lowest BCUT2D eigenvalue weighted by Gasteiger charge is -2.13. The molecule has 0 fully saturated rings. The molecule has 0 spiro atoms. The number of para-hydroxylation sites is 1. The largest absolute Gasteiger partial charge is 0.325 e. The highest BCUT2D eigenvalue weighted by atomic mass is 32.2. The van der Waals surface area contributed by atoms with Gasteiger partial charge in [-0.3, -0.25) is 19.5 Å².